The zero-order chi connectivity index (χ0) is 39.7. The first-order valence-electron chi connectivity index (χ1n) is 18.9. The number of aliphatic imine (C=N–C) groups is 1. The summed E-state index contributed by atoms with van der Waals surface area (Å²) in [6.07, 6.45) is 0.527. The number of hydrogen-bond acceptors (Lipinski definition) is 8. The van der Waals surface area contributed by atoms with Crippen LogP contribution in [0, 0.1) is 5.92 Å². The molecule has 12 heteroatoms. The van der Waals surface area contributed by atoms with Crippen LogP contribution in [0.2, 0.25) is 0 Å². The van der Waals surface area contributed by atoms with Crippen LogP contribution in [0.3, 0.4) is 0 Å². The zero-order valence-corrected chi connectivity index (χ0v) is 31.4. The molecule has 57 heavy (non-hydrogen) atoms. The Hall–Kier alpha value is -6.95. The Bertz CT molecular complexity index is 2040. The Morgan fingerprint density at radius 2 is 1.14 bits per heavy atom. The average molecular weight is 768 g/mol. The van der Waals surface area contributed by atoms with Crippen molar-refractivity contribution in [2.45, 2.75) is 51.5 Å². The standard InChI is InChI=1S/C45H45N5O7/c51-41-39(25-14-28-46-42(48-44(53)55-31-34-17-7-2-8-18-34)49-45(54)56-32-35-19-9-3-10-20-35)40(27-26-33-15-5-1-6-16-33)50(41)43(52)47-30-36-21-13-24-38(29-36)57-37-22-11-4-12-23-37/h1-13,15-24,29,39-40H,14,25-28,30-32H2,(H,47,52)(H2,46,48,49,53,54). The number of benzene rings is 5. The minimum Gasteiger partial charge on any atom is -0.457 e. The van der Waals surface area contributed by atoms with E-state index in [1.807, 2.05) is 146 Å². The molecular weight excluding hydrogens is 723 g/mol. The first-order chi connectivity index (χ1) is 27.9. The fourth-order valence-electron chi connectivity index (χ4n) is 6.39. The van der Waals surface area contributed by atoms with Crippen LogP contribution in [-0.4, -0.2) is 47.6 Å². The van der Waals surface area contributed by atoms with Gasteiger partial charge in [0, 0.05) is 13.1 Å². The number of ether oxygens (including phenoxy) is 3. The van der Waals surface area contributed by atoms with Gasteiger partial charge < -0.3 is 19.5 Å². The lowest BCUT2D eigenvalue weighted by Crippen LogP contribution is -2.65. The van der Waals surface area contributed by atoms with Gasteiger partial charge in [0.15, 0.2) is 0 Å². The summed E-state index contributed by atoms with van der Waals surface area (Å²) in [6.45, 7) is 0.414. The van der Waals surface area contributed by atoms with Gasteiger partial charge in [0.05, 0.1) is 12.0 Å². The normalized spacial score (nSPS) is 14.4. The van der Waals surface area contributed by atoms with Crippen LogP contribution in [0.5, 0.6) is 11.5 Å². The molecule has 0 spiro atoms. The zero-order valence-electron chi connectivity index (χ0n) is 31.4. The van der Waals surface area contributed by atoms with Gasteiger partial charge in [-0.05, 0) is 72.2 Å². The fraction of sp³-hybridized carbons (Fsp3) is 0.222. The first kappa shape index (κ1) is 39.7. The largest absolute Gasteiger partial charge is 0.457 e. The maximum Gasteiger partial charge on any atom is 0.414 e. The van der Waals surface area contributed by atoms with Crippen LogP contribution in [0.4, 0.5) is 14.4 Å². The summed E-state index contributed by atoms with van der Waals surface area (Å²) in [5, 5.41) is 7.90. The van der Waals surface area contributed by atoms with Crippen molar-refractivity contribution in [3.05, 3.63) is 168 Å². The molecule has 5 aromatic rings. The fourth-order valence-corrected chi connectivity index (χ4v) is 6.39. The highest BCUT2D eigenvalue weighted by molar-refractivity contribution is 6.02. The van der Waals surface area contributed by atoms with Gasteiger partial charge in [0.25, 0.3) is 0 Å². The predicted molar refractivity (Wildman–Crippen MR) is 215 cm³/mol. The summed E-state index contributed by atoms with van der Waals surface area (Å²) >= 11 is 0. The van der Waals surface area contributed by atoms with Crippen molar-refractivity contribution in [2.75, 3.05) is 6.54 Å². The van der Waals surface area contributed by atoms with Crippen molar-refractivity contribution in [3.63, 3.8) is 0 Å². The number of β-lactam (4-membered cyclic amide) rings is 1. The van der Waals surface area contributed by atoms with E-state index in [4.69, 9.17) is 14.2 Å². The van der Waals surface area contributed by atoms with Crippen LogP contribution in [0.1, 0.15) is 41.5 Å². The number of alkyl carbamates (subject to hydrolysis) is 2. The van der Waals surface area contributed by atoms with Crippen molar-refractivity contribution in [1.29, 1.82) is 0 Å². The van der Waals surface area contributed by atoms with Crippen molar-refractivity contribution in [3.8, 4) is 11.5 Å². The van der Waals surface area contributed by atoms with E-state index < -0.39 is 24.1 Å². The van der Waals surface area contributed by atoms with Crippen LogP contribution in [0.25, 0.3) is 0 Å². The monoisotopic (exact) mass is 767 g/mol. The number of imide groups is 1. The molecule has 0 bridgehead atoms. The molecule has 5 amide bonds. The van der Waals surface area contributed by atoms with E-state index in [0.29, 0.717) is 37.2 Å². The third kappa shape index (κ3) is 12.3. The minimum atomic E-state index is -0.812. The summed E-state index contributed by atoms with van der Waals surface area (Å²) in [7, 11) is 0. The molecule has 1 fully saturated rings. The number of aryl methyl sites for hydroxylation is 1. The van der Waals surface area contributed by atoms with Gasteiger partial charge in [-0.2, -0.15) is 0 Å². The van der Waals surface area contributed by atoms with Crippen molar-refractivity contribution < 1.29 is 33.4 Å². The second-order valence-electron chi connectivity index (χ2n) is 13.4. The second-order valence-corrected chi connectivity index (χ2v) is 13.4. The molecule has 0 saturated carbocycles. The average Bonchev–Trinajstić information content (AvgIpc) is 3.24. The van der Waals surface area contributed by atoms with Gasteiger partial charge in [-0.3, -0.25) is 25.3 Å². The molecule has 3 N–H and O–H groups in total. The van der Waals surface area contributed by atoms with E-state index >= 15 is 0 Å². The van der Waals surface area contributed by atoms with Gasteiger partial charge in [-0.25, -0.2) is 14.4 Å². The molecule has 1 heterocycles. The molecule has 12 nitrogen and oxygen atoms in total. The lowest BCUT2D eigenvalue weighted by molar-refractivity contribution is -0.150. The summed E-state index contributed by atoms with van der Waals surface area (Å²) < 4.78 is 16.6. The van der Waals surface area contributed by atoms with E-state index in [2.05, 4.69) is 20.9 Å². The number of carbonyl (C=O) groups is 4. The molecule has 5 aromatic carbocycles. The maximum atomic E-state index is 13.6. The summed E-state index contributed by atoms with van der Waals surface area (Å²) in [6, 6.07) is 44.3. The maximum absolute atomic E-state index is 13.6. The van der Waals surface area contributed by atoms with E-state index in [1.54, 1.807) is 0 Å². The van der Waals surface area contributed by atoms with E-state index in [0.717, 1.165) is 22.3 Å². The first-order valence-corrected chi connectivity index (χ1v) is 18.9. The van der Waals surface area contributed by atoms with Gasteiger partial charge in [-0.15, -0.1) is 0 Å². The smallest absolute Gasteiger partial charge is 0.414 e. The number of amides is 5. The quantitative estimate of drug-likeness (QED) is 0.0422. The molecular formula is C45H45N5O7. The Labute approximate surface area is 331 Å². The highest BCUT2D eigenvalue weighted by Crippen LogP contribution is 2.34. The molecule has 6 rings (SSSR count). The second kappa shape index (κ2) is 20.7. The molecule has 0 aliphatic carbocycles. The number of likely N-dealkylation sites (tertiary alicyclic amines) is 1. The molecule has 2 unspecified atom stereocenters. The lowest BCUT2D eigenvalue weighted by Gasteiger charge is -2.46. The lowest BCUT2D eigenvalue weighted by atomic mass is 9.80. The number of guanidine groups is 1. The van der Waals surface area contributed by atoms with Crippen LogP contribution in [0.15, 0.2) is 151 Å². The van der Waals surface area contributed by atoms with Crippen LogP contribution < -0.4 is 20.7 Å². The molecule has 2 atom stereocenters. The van der Waals surface area contributed by atoms with E-state index in [1.165, 1.54) is 4.90 Å². The molecule has 1 aliphatic rings. The highest BCUT2D eigenvalue weighted by Gasteiger charge is 2.49. The van der Waals surface area contributed by atoms with Gasteiger partial charge in [0.1, 0.15) is 24.7 Å². The Balaban J connectivity index is 1.06. The Morgan fingerprint density at radius 1 is 0.614 bits per heavy atom. The van der Waals surface area contributed by atoms with Gasteiger partial charge in [-0.1, -0.05) is 121 Å². The summed E-state index contributed by atoms with van der Waals surface area (Å²) in [4.78, 5) is 58.2. The van der Waals surface area contributed by atoms with Gasteiger partial charge in [0.2, 0.25) is 11.9 Å². The van der Waals surface area contributed by atoms with Crippen molar-refractivity contribution in [2.24, 2.45) is 10.9 Å². The summed E-state index contributed by atoms with van der Waals surface area (Å²) in [5.41, 5.74) is 3.51. The number of nitrogens with zero attached hydrogens (tertiary/aromatic N) is 2. The van der Waals surface area contributed by atoms with E-state index in [-0.39, 0.29) is 44.2 Å². The number of urea groups is 1. The molecule has 1 aliphatic heterocycles. The van der Waals surface area contributed by atoms with E-state index in [9.17, 15) is 19.2 Å². The summed E-state index contributed by atoms with van der Waals surface area (Å²) in [5.74, 6) is 0.521. The molecule has 292 valence electrons. The number of hydrogen-bond donors (Lipinski definition) is 3. The molecule has 0 radical (unpaired) electrons. The number of carbonyl (C=O) groups excluding carboxylic acids is 4. The predicted octanol–water partition coefficient (Wildman–Crippen LogP) is 8.14. The molecule has 1 saturated heterocycles. The number of rotatable bonds is 15. The topological polar surface area (TPSA) is 148 Å². The van der Waals surface area contributed by atoms with Crippen molar-refractivity contribution in [1.82, 2.24) is 20.9 Å². The van der Waals surface area contributed by atoms with Crippen LogP contribution >= 0.6 is 0 Å². The highest BCUT2D eigenvalue weighted by atomic mass is 16.6. The number of para-hydroxylation sites is 1. The van der Waals surface area contributed by atoms with Crippen molar-refractivity contribution >= 4 is 30.1 Å². The van der Waals surface area contributed by atoms with Crippen LogP contribution in [-0.2, 0) is 40.4 Å². The molecule has 0 aromatic heterocycles. The Kier molecular flexibility index (Phi) is 14.4. The Morgan fingerprint density at radius 3 is 1.74 bits per heavy atom. The number of nitrogens with one attached hydrogen (secondary N) is 3. The van der Waals surface area contributed by atoms with Gasteiger partial charge >= 0.3 is 18.2 Å². The minimum absolute atomic E-state index is 0.0195. The third-order valence-corrected chi connectivity index (χ3v) is 9.27. The third-order valence-electron chi connectivity index (χ3n) is 9.27. The SMILES string of the molecule is O=C(NC(=NCCCC1C(=O)N(C(=O)NCc2cccc(Oc3ccccc3)c2)C1CCc1ccccc1)NC(=O)OCc1ccccc1)OCc1ccccc1.